The normalized spacial score (nSPS) is 12.7. The van der Waals surface area contributed by atoms with Gasteiger partial charge in [-0.3, -0.25) is 9.59 Å². The maximum Gasteiger partial charge on any atom is 0.230 e. The van der Waals surface area contributed by atoms with Crippen molar-refractivity contribution in [2.24, 2.45) is 0 Å². The van der Waals surface area contributed by atoms with Gasteiger partial charge in [-0.15, -0.1) is 0 Å². The quantitative estimate of drug-likeness (QED) is 0.754. The molecule has 1 aliphatic rings. The Labute approximate surface area is 163 Å². The predicted molar refractivity (Wildman–Crippen MR) is 107 cm³/mol. The molecule has 2 aromatic carbocycles. The van der Waals surface area contributed by atoms with Crippen molar-refractivity contribution in [2.45, 2.75) is 26.7 Å². The summed E-state index contributed by atoms with van der Waals surface area (Å²) in [4.78, 5) is 30.4. The molecule has 0 bridgehead atoms. The van der Waals surface area contributed by atoms with Crippen LogP contribution in [0, 0.1) is 6.92 Å². The first-order valence-electron chi connectivity index (χ1n) is 9.24. The minimum absolute atomic E-state index is 0.0336. The minimum Gasteiger partial charge on any atom is -0.441 e. The average Bonchev–Trinajstić information content (AvgIpc) is 3.26. The number of hydrogen-bond acceptors (Lipinski definition) is 4. The zero-order valence-electron chi connectivity index (χ0n) is 15.9. The number of nitrogens with zero attached hydrogens (tertiary/aromatic N) is 2. The van der Waals surface area contributed by atoms with Gasteiger partial charge in [0.25, 0.3) is 0 Å². The molecule has 2 heterocycles. The summed E-state index contributed by atoms with van der Waals surface area (Å²) < 4.78 is 5.72. The Morgan fingerprint density at radius 1 is 1.18 bits per heavy atom. The number of anilines is 2. The number of carbonyl (C=O) groups excluding carboxylic acids is 2. The lowest BCUT2D eigenvalue weighted by atomic mass is 10.1. The molecular formula is C22H21N3O3. The number of benzene rings is 2. The number of oxazole rings is 1. The average molecular weight is 375 g/mol. The molecule has 1 aliphatic heterocycles. The first kappa shape index (κ1) is 18.0. The number of aryl methyl sites for hydroxylation is 1. The topological polar surface area (TPSA) is 75.4 Å². The summed E-state index contributed by atoms with van der Waals surface area (Å²) in [6, 6.07) is 15.2. The van der Waals surface area contributed by atoms with Crippen LogP contribution in [0.2, 0.25) is 0 Å². The van der Waals surface area contributed by atoms with Crippen LogP contribution in [-0.2, 0) is 22.4 Å². The number of fused-ring (bicyclic) bond motifs is 1. The zero-order valence-corrected chi connectivity index (χ0v) is 15.9. The molecule has 0 radical (unpaired) electrons. The van der Waals surface area contributed by atoms with E-state index in [9.17, 15) is 9.59 Å². The van der Waals surface area contributed by atoms with E-state index in [1.54, 1.807) is 11.8 Å². The van der Waals surface area contributed by atoms with E-state index in [-0.39, 0.29) is 18.2 Å². The van der Waals surface area contributed by atoms with Gasteiger partial charge in [-0.05, 0) is 49.2 Å². The highest BCUT2D eigenvalue weighted by Gasteiger charge is 2.22. The first-order chi connectivity index (χ1) is 13.5. The van der Waals surface area contributed by atoms with Crippen LogP contribution in [0.15, 0.2) is 52.9 Å². The molecule has 1 N–H and O–H groups in total. The van der Waals surface area contributed by atoms with Crippen LogP contribution in [0.3, 0.4) is 0 Å². The van der Waals surface area contributed by atoms with Crippen molar-refractivity contribution < 1.29 is 14.0 Å². The van der Waals surface area contributed by atoms with Crippen LogP contribution in [0.1, 0.15) is 23.9 Å². The first-order valence-corrected chi connectivity index (χ1v) is 9.24. The van der Waals surface area contributed by atoms with Gasteiger partial charge in [0.1, 0.15) is 5.76 Å². The molecule has 1 aromatic heterocycles. The molecule has 0 fully saturated rings. The summed E-state index contributed by atoms with van der Waals surface area (Å²) in [7, 11) is 0. The third-order valence-electron chi connectivity index (χ3n) is 4.88. The van der Waals surface area contributed by atoms with Crippen molar-refractivity contribution in [3.8, 4) is 11.5 Å². The lowest BCUT2D eigenvalue weighted by Crippen LogP contribution is -2.25. The summed E-state index contributed by atoms with van der Waals surface area (Å²) in [5.41, 5.74) is 4.21. The largest absolute Gasteiger partial charge is 0.441 e. The number of hydrogen-bond donors (Lipinski definition) is 1. The fraction of sp³-hybridized carbons (Fsp3) is 0.227. The maximum absolute atomic E-state index is 12.5. The van der Waals surface area contributed by atoms with E-state index in [1.807, 2.05) is 55.5 Å². The summed E-state index contributed by atoms with van der Waals surface area (Å²) in [6.45, 7) is 4.06. The van der Waals surface area contributed by atoms with Crippen LogP contribution in [0.4, 0.5) is 11.4 Å². The lowest BCUT2D eigenvalue weighted by Gasteiger charge is -2.15. The van der Waals surface area contributed by atoms with Crippen LogP contribution >= 0.6 is 0 Å². The second kappa shape index (κ2) is 7.31. The highest BCUT2D eigenvalue weighted by Crippen LogP contribution is 2.30. The van der Waals surface area contributed by atoms with E-state index in [4.69, 9.17) is 4.42 Å². The van der Waals surface area contributed by atoms with Gasteiger partial charge in [0.05, 0.1) is 12.1 Å². The highest BCUT2D eigenvalue weighted by atomic mass is 16.4. The summed E-state index contributed by atoms with van der Waals surface area (Å²) in [6.07, 6.45) is 0.931. The third kappa shape index (κ3) is 3.53. The van der Waals surface area contributed by atoms with E-state index in [0.717, 1.165) is 28.9 Å². The molecule has 4 rings (SSSR count). The molecule has 0 atom stereocenters. The van der Waals surface area contributed by atoms with Crippen LogP contribution in [0.5, 0.6) is 0 Å². The Balaban J connectivity index is 1.46. The summed E-state index contributed by atoms with van der Waals surface area (Å²) >= 11 is 0. The van der Waals surface area contributed by atoms with Crippen LogP contribution in [0.25, 0.3) is 11.5 Å². The van der Waals surface area contributed by atoms with Gasteiger partial charge in [-0.2, -0.15) is 0 Å². The number of nitrogens with one attached hydrogen (secondary N) is 1. The smallest absolute Gasteiger partial charge is 0.230 e. The lowest BCUT2D eigenvalue weighted by molar-refractivity contribution is -0.117. The highest BCUT2D eigenvalue weighted by molar-refractivity contribution is 5.96. The Morgan fingerprint density at radius 3 is 2.71 bits per heavy atom. The number of rotatable bonds is 4. The Morgan fingerprint density at radius 2 is 1.96 bits per heavy atom. The predicted octanol–water partition coefficient (Wildman–Crippen LogP) is 3.74. The molecule has 6 heteroatoms. The van der Waals surface area contributed by atoms with Crippen molar-refractivity contribution in [3.05, 3.63) is 65.5 Å². The van der Waals surface area contributed by atoms with Crippen molar-refractivity contribution in [3.63, 3.8) is 0 Å². The van der Waals surface area contributed by atoms with Gasteiger partial charge in [0.2, 0.25) is 17.7 Å². The number of amides is 2. The molecule has 6 nitrogen and oxygen atoms in total. The monoisotopic (exact) mass is 375 g/mol. The van der Waals surface area contributed by atoms with E-state index < -0.39 is 0 Å². The Hall–Kier alpha value is -3.41. The molecule has 142 valence electrons. The second-order valence-electron chi connectivity index (χ2n) is 6.88. The molecule has 28 heavy (non-hydrogen) atoms. The van der Waals surface area contributed by atoms with Crippen molar-refractivity contribution in [1.29, 1.82) is 0 Å². The van der Waals surface area contributed by atoms with E-state index in [2.05, 4.69) is 10.3 Å². The molecule has 0 saturated carbocycles. The molecular weight excluding hydrogens is 354 g/mol. The van der Waals surface area contributed by atoms with Gasteiger partial charge < -0.3 is 14.6 Å². The SMILES string of the molecule is CC(=O)N1CCc2cc(NC(=O)Cc3nc(-c4ccccc4)oc3C)ccc21. The van der Waals surface area contributed by atoms with E-state index >= 15 is 0 Å². The number of carbonyl (C=O) groups is 2. The Kier molecular flexibility index (Phi) is 4.69. The molecule has 0 spiro atoms. The van der Waals surface area contributed by atoms with E-state index in [1.165, 1.54) is 0 Å². The fourth-order valence-corrected chi connectivity index (χ4v) is 3.46. The summed E-state index contributed by atoms with van der Waals surface area (Å²) in [5.74, 6) is 1.03. The molecule has 0 aliphatic carbocycles. The van der Waals surface area contributed by atoms with Gasteiger partial charge in [-0.25, -0.2) is 4.98 Å². The van der Waals surface area contributed by atoms with Crippen molar-refractivity contribution in [1.82, 2.24) is 4.98 Å². The third-order valence-corrected chi connectivity index (χ3v) is 4.88. The van der Waals surface area contributed by atoms with Gasteiger partial charge in [0, 0.05) is 30.4 Å². The fourth-order valence-electron chi connectivity index (χ4n) is 3.46. The second-order valence-corrected chi connectivity index (χ2v) is 6.88. The summed E-state index contributed by atoms with van der Waals surface area (Å²) in [5, 5.41) is 2.92. The van der Waals surface area contributed by atoms with Crippen molar-refractivity contribution in [2.75, 3.05) is 16.8 Å². The van der Waals surface area contributed by atoms with Crippen LogP contribution < -0.4 is 10.2 Å². The molecule has 2 amide bonds. The van der Waals surface area contributed by atoms with Gasteiger partial charge in [-0.1, -0.05) is 18.2 Å². The van der Waals surface area contributed by atoms with Gasteiger partial charge >= 0.3 is 0 Å². The molecule has 0 unspecified atom stereocenters. The van der Waals surface area contributed by atoms with Crippen molar-refractivity contribution >= 4 is 23.2 Å². The Bertz CT molecular complexity index is 1040. The van der Waals surface area contributed by atoms with Crippen LogP contribution in [-0.4, -0.2) is 23.3 Å². The molecule has 0 saturated heterocycles. The maximum atomic E-state index is 12.5. The van der Waals surface area contributed by atoms with E-state index in [0.29, 0.717) is 23.9 Å². The number of aromatic nitrogens is 1. The minimum atomic E-state index is -0.155. The molecule has 3 aromatic rings. The standard InChI is InChI=1S/C22H21N3O3/c1-14-19(24-22(28-14)16-6-4-3-5-7-16)13-21(27)23-18-8-9-20-17(12-18)10-11-25(20)15(2)26/h3-9,12H,10-11,13H2,1-2H3,(H,23,27). The zero-order chi connectivity index (χ0) is 19.7. The van der Waals surface area contributed by atoms with Gasteiger partial charge in [0.15, 0.2) is 0 Å².